The molecule has 1 aromatic heterocycles. The van der Waals surface area contributed by atoms with E-state index in [9.17, 15) is 4.79 Å². The van der Waals surface area contributed by atoms with E-state index in [1.807, 2.05) is 31.2 Å². The molecular formula is C19H17ClN4O2. The monoisotopic (exact) mass is 368 g/mol. The lowest BCUT2D eigenvalue weighted by molar-refractivity contribution is 0.0950. The number of hydrazone groups is 1. The molecule has 0 aliphatic carbocycles. The molecule has 3 aromatic rings. The third-order valence-corrected chi connectivity index (χ3v) is 3.79. The fourth-order valence-electron chi connectivity index (χ4n) is 2.25. The third-order valence-electron chi connectivity index (χ3n) is 3.53. The first-order chi connectivity index (χ1) is 12.7. The maximum atomic E-state index is 12.1. The summed E-state index contributed by atoms with van der Waals surface area (Å²) < 4.78 is 5.41. The van der Waals surface area contributed by atoms with Crippen LogP contribution in [0.2, 0.25) is 5.02 Å². The van der Waals surface area contributed by atoms with Crippen molar-refractivity contribution in [1.29, 1.82) is 0 Å². The van der Waals surface area contributed by atoms with Crippen LogP contribution in [0.4, 0.5) is 0 Å². The molecule has 0 fully saturated rings. The third kappa shape index (κ3) is 4.49. The Bertz CT molecular complexity index is 902. The van der Waals surface area contributed by atoms with Gasteiger partial charge in [-0.3, -0.25) is 9.89 Å². The highest BCUT2D eigenvalue weighted by atomic mass is 35.5. The molecule has 0 spiro atoms. The molecule has 26 heavy (non-hydrogen) atoms. The molecule has 132 valence electrons. The maximum Gasteiger partial charge on any atom is 0.289 e. The van der Waals surface area contributed by atoms with Crippen molar-refractivity contribution in [2.24, 2.45) is 5.10 Å². The number of carbonyl (C=O) groups excluding carboxylic acids is 1. The van der Waals surface area contributed by atoms with Gasteiger partial charge in [-0.1, -0.05) is 23.7 Å². The summed E-state index contributed by atoms with van der Waals surface area (Å²) in [5.74, 6) is 0.418. The van der Waals surface area contributed by atoms with Gasteiger partial charge in [-0.15, -0.1) is 0 Å². The van der Waals surface area contributed by atoms with E-state index >= 15 is 0 Å². The first-order valence-corrected chi connectivity index (χ1v) is 8.41. The van der Waals surface area contributed by atoms with Crippen LogP contribution in [0.15, 0.2) is 59.7 Å². The number of amides is 1. The zero-order valence-corrected chi connectivity index (χ0v) is 14.8. The smallest absolute Gasteiger partial charge is 0.289 e. The van der Waals surface area contributed by atoms with E-state index in [2.05, 4.69) is 20.7 Å². The highest BCUT2D eigenvalue weighted by Crippen LogP contribution is 2.21. The number of hydrogen-bond acceptors (Lipinski definition) is 4. The number of ether oxygens (including phenoxy) is 1. The quantitative estimate of drug-likeness (QED) is 0.511. The second-order valence-electron chi connectivity index (χ2n) is 5.37. The molecule has 1 heterocycles. The van der Waals surface area contributed by atoms with E-state index in [1.54, 1.807) is 30.3 Å². The largest absolute Gasteiger partial charge is 0.494 e. The minimum absolute atomic E-state index is 0.321. The molecule has 0 aliphatic heterocycles. The van der Waals surface area contributed by atoms with Crippen LogP contribution in [0.3, 0.4) is 0 Å². The van der Waals surface area contributed by atoms with Crippen molar-refractivity contribution in [3.8, 4) is 17.0 Å². The molecule has 0 saturated carbocycles. The lowest BCUT2D eigenvalue weighted by Gasteiger charge is -2.02. The van der Waals surface area contributed by atoms with E-state index in [1.165, 1.54) is 6.21 Å². The average molecular weight is 369 g/mol. The molecule has 0 radical (unpaired) electrons. The van der Waals surface area contributed by atoms with Gasteiger partial charge in [0, 0.05) is 10.6 Å². The molecular weight excluding hydrogens is 352 g/mol. The minimum atomic E-state index is -0.375. The van der Waals surface area contributed by atoms with Crippen molar-refractivity contribution in [3.63, 3.8) is 0 Å². The topological polar surface area (TPSA) is 79.4 Å². The van der Waals surface area contributed by atoms with Crippen LogP contribution in [0.1, 0.15) is 23.0 Å². The van der Waals surface area contributed by atoms with Gasteiger partial charge in [0.1, 0.15) is 11.4 Å². The van der Waals surface area contributed by atoms with Gasteiger partial charge in [-0.2, -0.15) is 10.2 Å². The second kappa shape index (κ2) is 8.31. The van der Waals surface area contributed by atoms with E-state index in [-0.39, 0.29) is 5.91 Å². The number of H-pyrrole nitrogens is 1. The van der Waals surface area contributed by atoms with Crippen LogP contribution in [0, 0.1) is 0 Å². The van der Waals surface area contributed by atoms with Crippen LogP contribution in [-0.4, -0.2) is 28.9 Å². The molecule has 0 unspecified atom stereocenters. The Labute approximate surface area is 155 Å². The van der Waals surface area contributed by atoms with Gasteiger partial charge in [-0.25, -0.2) is 5.43 Å². The maximum absolute atomic E-state index is 12.1. The SMILES string of the molecule is CCOc1ccc(-c2cc(C(=O)N/N=C\c3ccc(Cl)cc3)[nH]n2)cc1. The van der Waals surface area contributed by atoms with Crippen molar-refractivity contribution < 1.29 is 9.53 Å². The van der Waals surface area contributed by atoms with Crippen molar-refractivity contribution in [3.05, 3.63) is 70.9 Å². The fraction of sp³-hybridized carbons (Fsp3) is 0.105. The van der Waals surface area contributed by atoms with Crippen LogP contribution in [0.5, 0.6) is 5.75 Å². The van der Waals surface area contributed by atoms with Crippen LogP contribution in [0.25, 0.3) is 11.3 Å². The predicted molar refractivity (Wildman–Crippen MR) is 102 cm³/mol. The number of nitrogens with zero attached hydrogens (tertiary/aromatic N) is 2. The Morgan fingerprint density at radius 2 is 1.96 bits per heavy atom. The second-order valence-corrected chi connectivity index (χ2v) is 5.81. The van der Waals surface area contributed by atoms with Crippen molar-refractivity contribution in [1.82, 2.24) is 15.6 Å². The number of nitrogens with one attached hydrogen (secondary N) is 2. The summed E-state index contributed by atoms with van der Waals surface area (Å²) in [4.78, 5) is 12.1. The summed E-state index contributed by atoms with van der Waals surface area (Å²) in [5.41, 5.74) is 5.16. The summed E-state index contributed by atoms with van der Waals surface area (Å²) in [5, 5.41) is 11.5. The summed E-state index contributed by atoms with van der Waals surface area (Å²) in [6.45, 7) is 2.55. The van der Waals surface area contributed by atoms with E-state index in [0.29, 0.717) is 23.0 Å². The molecule has 0 aliphatic rings. The number of carbonyl (C=O) groups is 1. The molecule has 1 amide bonds. The van der Waals surface area contributed by atoms with Crippen LogP contribution in [-0.2, 0) is 0 Å². The Hall–Kier alpha value is -3.12. The molecule has 2 N–H and O–H groups in total. The lowest BCUT2D eigenvalue weighted by Crippen LogP contribution is -2.17. The summed E-state index contributed by atoms with van der Waals surface area (Å²) in [6, 6.07) is 16.3. The minimum Gasteiger partial charge on any atom is -0.494 e. The Morgan fingerprint density at radius 3 is 2.65 bits per heavy atom. The highest BCUT2D eigenvalue weighted by molar-refractivity contribution is 6.30. The first kappa shape index (κ1) is 17.7. The van der Waals surface area contributed by atoms with E-state index in [0.717, 1.165) is 16.9 Å². The van der Waals surface area contributed by atoms with Gasteiger partial charge in [0.25, 0.3) is 5.91 Å². The number of hydrogen-bond donors (Lipinski definition) is 2. The van der Waals surface area contributed by atoms with Gasteiger partial charge >= 0.3 is 0 Å². The number of aromatic amines is 1. The Balaban J connectivity index is 1.63. The summed E-state index contributed by atoms with van der Waals surface area (Å²) in [7, 11) is 0. The molecule has 3 rings (SSSR count). The zero-order valence-electron chi connectivity index (χ0n) is 14.1. The Kier molecular flexibility index (Phi) is 5.66. The fourth-order valence-corrected chi connectivity index (χ4v) is 2.38. The number of halogens is 1. The summed E-state index contributed by atoms with van der Waals surface area (Å²) in [6.07, 6.45) is 1.54. The number of benzene rings is 2. The molecule has 6 nitrogen and oxygen atoms in total. The number of rotatable bonds is 6. The van der Waals surface area contributed by atoms with Crippen LogP contribution < -0.4 is 10.2 Å². The lowest BCUT2D eigenvalue weighted by atomic mass is 10.1. The zero-order chi connectivity index (χ0) is 18.4. The average Bonchev–Trinajstić information content (AvgIpc) is 3.14. The van der Waals surface area contributed by atoms with Crippen molar-refractivity contribution >= 4 is 23.7 Å². The normalized spacial score (nSPS) is 10.8. The standard InChI is InChI=1S/C19H17ClN4O2/c1-2-26-16-9-5-14(6-10-16)17-11-18(23-22-17)19(25)24-21-12-13-3-7-15(20)8-4-13/h3-12H,2H2,1H3,(H,22,23)(H,24,25)/b21-12-. The van der Waals surface area contributed by atoms with Crippen molar-refractivity contribution in [2.45, 2.75) is 6.92 Å². The molecule has 0 saturated heterocycles. The van der Waals surface area contributed by atoms with Gasteiger partial charge in [-0.05, 0) is 55.0 Å². The van der Waals surface area contributed by atoms with Gasteiger partial charge in [0.05, 0.1) is 18.5 Å². The van der Waals surface area contributed by atoms with Gasteiger partial charge < -0.3 is 4.74 Å². The molecule has 0 bridgehead atoms. The Morgan fingerprint density at radius 1 is 1.23 bits per heavy atom. The van der Waals surface area contributed by atoms with Gasteiger partial charge in [0.15, 0.2) is 0 Å². The molecule has 2 aromatic carbocycles. The van der Waals surface area contributed by atoms with Crippen LogP contribution >= 0.6 is 11.6 Å². The van der Waals surface area contributed by atoms with Gasteiger partial charge in [0.2, 0.25) is 0 Å². The molecule has 0 atom stereocenters. The van der Waals surface area contributed by atoms with E-state index in [4.69, 9.17) is 16.3 Å². The summed E-state index contributed by atoms with van der Waals surface area (Å²) >= 11 is 5.82. The van der Waals surface area contributed by atoms with Crippen molar-refractivity contribution in [2.75, 3.05) is 6.61 Å². The van der Waals surface area contributed by atoms with E-state index < -0.39 is 0 Å². The molecule has 7 heteroatoms. The number of aromatic nitrogens is 2. The predicted octanol–water partition coefficient (Wildman–Crippen LogP) is 3.89. The first-order valence-electron chi connectivity index (χ1n) is 8.03. The highest BCUT2D eigenvalue weighted by Gasteiger charge is 2.10.